The molecule has 3 heterocycles. The van der Waals surface area contributed by atoms with Crippen LogP contribution in [0.1, 0.15) is 36.8 Å². The number of carbonyl (C=O) groups excluding carboxylic acids is 2. The highest BCUT2D eigenvalue weighted by Crippen LogP contribution is 2.34. The van der Waals surface area contributed by atoms with E-state index in [0.717, 1.165) is 53.8 Å². The van der Waals surface area contributed by atoms with Gasteiger partial charge >= 0.3 is 6.09 Å². The molecule has 2 N–H and O–H groups in total. The summed E-state index contributed by atoms with van der Waals surface area (Å²) >= 11 is 0. The van der Waals surface area contributed by atoms with Gasteiger partial charge in [0.2, 0.25) is 0 Å². The lowest BCUT2D eigenvalue weighted by Crippen LogP contribution is -2.44. The molecule has 0 saturated carbocycles. The summed E-state index contributed by atoms with van der Waals surface area (Å²) in [5.74, 6) is 0.246. The lowest BCUT2D eigenvalue weighted by atomic mass is 10.0. The number of nitrogens with one attached hydrogen (secondary N) is 2. The lowest BCUT2D eigenvalue weighted by molar-refractivity contribution is 0.0635. The molecule has 4 aromatic rings. The zero-order valence-corrected chi connectivity index (χ0v) is 23.6. The number of benzene rings is 2. The molecule has 9 nitrogen and oxygen atoms in total. The van der Waals surface area contributed by atoms with Crippen molar-refractivity contribution in [1.82, 2.24) is 9.88 Å². The second-order valence-corrected chi connectivity index (χ2v) is 11.2. The monoisotopic (exact) mass is 541 g/mol. The number of pyridine rings is 1. The molecule has 208 valence electrons. The number of hydrogen-bond donors (Lipinski definition) is 2. The molecule has 0 radical (unpaired) electrons. The Balaban J connectivity index is 1.41. The van der Waals surface area contributed by atoms with Gasteiger partial charge in [-0.15, -0.1) is 0 Å². The van der Waals surface area contributed by atoms with E-state index in [2.05, 4.69) is 44.6 Å². The maximum Gasteiger partial charge on any atom is 0.412 e. The number of carbonyl (C=O) groups is 2. The SMILES string of the molecule is Cc1cc(-c2ccco2)cc(NC(=O)c2cc3ccc(N4CCN(C)CC4)cc3cn2)c1NC(=O)OC(C)(C)C. The molecule has 0 aliphatic carbocycles. The van der Waals surface area contributed by atoms with Crippen molar-refractivity contribution in [2.24, 2.45) is 0 Å². The van der Waals surface area contributed by atoms with Crippen LogP contribution in [0.4, 0.5) is 21.9 Å². The van der Waals surface area contributed by atoms with Gasteiger partial charge in [-0.3, -0.25) is 15.1 Å². The first kappa shape index (κ1) is 27.2. The van der Waals surface area contributed by atoms with Crippen LogP contribution in [0.5, 0.6) is 0 Å². The third-order valence-electron chi connectivity index (χ3n) is 6.82. The lowest BCUT2D eigenvalue weighted by Gasteiger charge is -2.34. The minimum atomic E-state index is -0.672. The second kappa shape index (κ2) is 11.0. The number of aryl methyl sites for hydroxylation is 1. The third kappa shape index (κ3) is 6.26. The number of anilines is 3. The second-order valence-electron chi connectivity index (χ2n) is 11.2. The van der Waals surface area contributed by atoms with Gasteiger partial charge < -0.3 is 24.3 Å². The van der Waals surface area contributed by atoms with Crippen LogP contribution in [0.3, 0.4) is 0 Å². The normalized spacial score (nSPS) is 14.3. The van der Waals surface area contributed by atoms with E-state index in [4.69, 9.17) is 9.15 Å². The Bertz CT molecular complexity index is 1530. The highest BCUT2D eigenvalue weighted by molar-refractivity contribution is 6.08. The van der Waals surface area contributed by atoms with Crippen LogP contribution in [0.2, 0.25) is 0 Å². The molecule has 2 amide bonds. The maximum atomic E-state index is 13.4. The molecule has 2 aromatic heterocycles. The van der Waals surface area contributed by atoms with Crippen molar-refractivity contribution < 1.29 is 18.7 Å². The Morgan fingerprint density at radius 2 is 1.75 bits per heavy atom. The van der Waals surface area contributed by atoms with Gasteiger partial charge in [-0.1, -0.05) is 6.07 Å². The van der Waals surface area contributed by atoms with Crippen molar-refractivity contribution in [3.63, 3.8) is 0 Å². The van der Waals surface area contributed by atoms with Crippen molar-refractivity contribution in [3.05, 3.63) is 72.2 Å². The summed E-state index contributed by atoms with van der Waals surface area (Å²) in [6.45, 7) is 11.2. The standard InChI is InChI=1S/C31H35N5O4/c1-20-15-22(27-7-6-14-39-27)18-25(28(20)34-30(38)40-31(2,3)4)33-29(37)26-17-21-8-9-24(16-23(21)19-32-26)36-12-10-35(5)11-13-36/h6-9,14-19H,10-13H2,1-5H3,(H,33,37)(H,34,38). The molecule has 0 atom stereocenters. The summed E-state index contributed by atoms with van der Waals surface area (Å²) in [6.07, 6.45) is 2.70. The molecule has 0 bridgehead atoms. The molecule has 40 heavy (non-hydrogen) atoms. The first-order valence-electron chi connectivity index (χ1n) is 13.4. The number of piperazine rings is 1. The van der Waals surface area contributed by atoms with Gasteiger partial charge in [0, 0.05) is 49.0 Å². The van der Waals surface area contributed by atoms with Crippen LogP contribution >= 0.6 is 0 Å². The number of likely N-dealkylation sites (N-methyl/N-ethyl adjacent to an activating group) is 1. The van der Waals surface area contributed by atoms with E-state index in [1.54, 1.807) is 51.4 Å². The van der Waals surface area contributed by atoms with Crippen LogP contribution in [-0.4, -0.2) is 60.7 Å². The fourth-order valence-electron chi connectivity index (χ4n) is 4.74. The molecule has 5 rings (SSSR count). The topological polar surface area (TPSA) is 99.9 Å². The molecule has 1 fully saturated rings. The zero-order chi connectivity index (χ0) is 28.4. The van der Waals surface area contributed by atoms with E-state index in [-0.39, 0.29) is 5.69 Å². The highest BCUT2D eigenvalue weighted by atomic mass is 16.6. The van der Waals surface area contributed by atoms with E-state index < -0.39 is 17.6 Å². The number of ether oxygens (including phenoxy) is 1. The average Bonchev–Trinajstić information content (AvgIpc) is 3.44. The third-order valence-corrected chi connectivity index (χ3v) is 6.82. The molecule has 1 saturated heterocycles. The number of aromatic nitrogens is 1. The van der Waals surface area contributed by atoms with Crippen LogP contribution in [-0.2, 0) is 4.74 Å². The summed E-state index contributed by atoms with van der Waals surface area (Å²) in [7, 11) is 2.14. The molecule has 0 spiro atoms. The maximum absolute atomic E-state index is 13.4. The largest absolute Gasteiger partial charge is 0.464 e. The molecule has 1 aliphatic rings. The molecule has 1 aliphatic heterocycles. The van der Waals surface area contributed by atoms with E-state index >= 15 is 0 Å². The number of furan rings is 1. The van der Waals surface area contributed by atoms with Gasteiger partial charge in [-0.25, -0.2) is 4.79 Å². The smallest absolute Gasteiger partial charge is 0.412 e. The first-order chi connectivity index (χ1) is 19.1. The Morgan fingerprint density at radius 3 is 2.45 bits per heavy atom. The Hall–Kier alpha value is -4.37. The van der Waals surface area contributed by atoms with E-state index in [1.807, 2.05) is 25.1 Å². The quantitative estimate of drug-likeness (QED) is 0.312. The predicted octanol–water partition coefficient (Wildman–Crippen LogP) is 6.15. The number of rotatable bonds is 5. The average molecular weight is 542 g/mol. The summed E-state index contributed by atoms with van der Waals surface area (Å²) in [4.78, 5) is 35.2. The number of amides is 2. The summed E-state index contributed by atoms with van der Waals surface area (Å²) in [6, 6.07) is 15.3. The molecule has 9 heteroatoms. The van der Waals surface area contributed by atoms with Crippen molar-refractivity contribution in [1.29, 1.82) is 0 Å². The Morgan fingerprint density at radius 1 is 0.975 bits per heavy atom. The summed E-state index contributed by atoms with van der Waals surface area (Å²) in [5.41, 5.74) is 3.10. The van der Waals surface area contributed by atoms with Gasteiger partial charge in [0.05, 0.1) is 17.6 Å². The van der Waals surface area contributed by atoms with Gasteiger partial charge in [0.15, 0.2) is 0 Å². The van der Waals surface area contributed by atoms with Crippen molar-refractivity contribution >= 4 is 39.8 Å². The summed E-state index contributed by atoms with van der Waals surface area (Å²) < 4.78 is 11.0. The van der Waals surface area contributed by atoms with Gasteiger partial charge in [0.1, 0.15) is 17.1 Å². The number of nitrogens with zero attached hydrogens (tertiary/aromatic N) is 3. The van der Waals surface area contributed by atoms with Crippen molar-refractivity contribution in [2.75, 3.05) is 48.8 Å². The van der Waals surface area contributed by atoms with Gasteiger partial charge in [-0.2, -0.15) is 0 Å². The zero-order valence-electron chi connectivity index (χ0n) is 23.6. The van der Waals surface area contributed by atoms with E-state index in [0.29, 0.717) is 17.1 Å². The van der Waals surface area contributed by atoms with E-state index in [9.17, 15) is 9.59 Å². The first-order valence-corrected chi connectivity index (χ1v) is 13.4. The fraction of sp³-hybridized carbons (Fsp3) is 0.323. The Kier molecular flexibility index (Phi) is 7.49. The van der Waals surface area contributed by atoms with Crippen molar-refractivity contribution in [3.8, 4) is 11.3 Å². The molecular weight excluding hydrogens is 506 g/mol. The van der Waals surface area contributed by atoms with Crippen molar-refractivity contribution in [2.45, 2.75) is 33.3 Å². The minimum Gasteiger partial charge on any atom is -0.464 e. The minimum absolute atomic E-state index is 0.268. The number of fused-ring (bicyclic) bond motifs is 1. The van der Waals surface area contributed by atoms with Crippen LogP contribution in [0.15, 0.2) is 65.4 Å². The number of hydrogen-bond acceptors (Lipinski definition) is 7. The fourth-order valence-corrected chi connectivity index (χ4v) is 4.74. The van der Waals surface area contributed by atoms with Crippen LogP contribution < -0.4 is 15.5 Å². The van der Waals surface area contributed by atoms with E-state index in [1.165, 1.54) is 0 Å². The molecular formula is C31H35N5O4. The Labute approximate surface area is 234 Å². The van der Waals surface area contributed by atoms with Crippen LogP contribution in [0.25, 0.3) is 22.1 Å². The summed E-state index contributed by atoms with van der Waals surface area (Å²) in [5, 5.41) is 7.63. The van der Waals surface area contributed by atoms with Gasteiger partial charge in [0.25, 0.3) is 5.91 Å². The molecule has 0 unspecified atom stereocenters. The van der Waals surface area contributed by atoms with Crippen LogP contribution in [0, 0.1) is 6.92 Å². The predicted molar refractivity (Wildman–Crippen MR) is 158 cm³/mol. The highest BCUT2D eigenvalue weighted by Gasteiger charge is 2.21. The molecule has 2 aromatic carbocycles. The van der Waals surface area contributed by atoms with Gasteiger partial charge in [-0.05, 0) is 88.2 Å².